The normalized spacial score (nSPS) is 12.1. The van der Waals surface area contributed by atoms with Gasteiger partial charge in [0.05, 0.1) is 41.3 Å². The Bertz CT molecular complexity index is 295. The van der Waals surface area contributed by atoms with Crippen molar-refractivity contribution in [3.63, 3.8) is 0 Å². The lowest BCUT2D eigenvalue weighted by Gasteiger charge is -2.27. The third kappa shape index (κ3) is 8.87. The summed E-state index contributed by atoms with van der Waals surface area (Å²) >= 11 is 0. The van der Waals surface area contributed by atoms with Gasteiger partial charge in [-0.25, -0.2) is 9.59 Å². The van der Waals surface area contributed by atoms with E-state index in [4.69, 9.17) is 9.47 Å². The number of likely N-dealkylation sites (N-methyl/N-ethyl adjacent to an activating group) is 2. The predicted molar refractivity (Wildman–Crippen MR) is 77.0 cm³/mol. The van der Waals surface area contributed by atoms with Gasteiger partial charge < -0.3 is 18.4 Å². The SMILES string of the molecule is CC[N+](C)(C)CC(=O)OCCOC(=O)C[N+](C)(C)CC. The fraction of sp³-hybridized carbons (Fsp3) is 0.857. The molecule has 0 atom stereocenters. The number of hydrogen-bond acceptors (Lipinski definition) is 4. The van der Waals surface area contributed by atoms with E-state index in [1.165, 1.54) is 0 Å². The Morgan fingerprint density at radius 3 is 1.30 bits per heavy atom. The first-order valence-electron chi connectivity index (χ1n) is 7.07. The first-order chi connectivity index (χ1) is 9.12. The zero-order valence-electron chi connectivity index (χ0n) is 13.8. The van der Waals surface area contributed by atoms with E-state index in [1.807, 2.05) is 42.0 Å². The van der Waals surface area contributed by atoms with Crippen LogP contribution >= 0.6 is 0 Å². The highest BCUT2D eigenvalue weighted by atomic mass is 16.6. The van der Waals surface area contributed by atoms with Crippen LogP contribution in [-0.4, -0.2) is 88.5 Å². The molecule has 0 aliphatic heterocycles. The van der Waals surface area contributed by atoms with Crippen LogP contribution < -0.4 is 0 Å². The van der Waals surface area contributed by atoms with Crippen molar-refractivity contribution in [2.24, 2.45) is 0 Å². The number of carbonyl (C=O) groups excluding carboxylic acids is 2. The molecule has 20 heavy (non-hydrogen) atoms. The number of esters is 2. The van der Waals surface area contributed by atoms with E-state index in [2.05, 4.69) is 0 Å². The van der Waals surface area contributed by atoms with Crippen molar-refractivity contribution in [2.45, 2.75) is 13.8 Å². The molecule has 0 amide bonds. The minimum atomic E-state index is -0.266. The zero-order valence-corrected chi connectivity index (χ0v) is 13.8. The lowest BCUT2D eigenvalue weighted by atomic mass is 10.4. The van der Waals surface area contributed by atoms with E-state index >= 15 is 0 Å². The maximum atomic E-state index is 11.6. The van der Waals surface area contributed by atoms with Crippen LogP contribution in [0.2, 0.25) is 0 Å². The molecular formula is C14H30N2O4+2. The van der Waals surface area contributed by atoms with Crippen molar-refractivity contribution in [1.82, 2.24) is 0 Å². The minimum absolute atomic E-state index is 0.119. The molecule has 0 spiro atoms. The number of rotatable bonds is 9. The molecule has 0 radical (unpaired) electrons. The van der Waals surface area contributed by atoms with Crippen molar-refractivity contribution in [1.29, 1.82) is 0 Å². The Labute approximate surface area is 122 Å². The highest BCUT2D eigenvalue weighted by molar-refractivity contribution is 5.71. The van der Waals surface area contributed by atoms with Gasteiger partial charge in [-0.15, -0.1) is 0 Å². The summed E-state index contributed by atoms with van der Waals surface area (Å²) in [4.78, 5) is 23.1. The average molecular weight is 290 g/mol. The summed E-state index contributed by atoms with van der Waals surface area (Å²) in [5, 5.41) is 0. The second-order valence-corrected chi connectivity index (χ2v) is 6.26. The van der Waals surface area contributed by atoms with Crippen LogP contribution in [0.1, 0.15) is 13.8 Å². The topological polar surface area (TPSA) is 52.6 Å². The summed E-state index contributed by atoms with van der Waals surface area (Å²) in [5.74, 6) is -0.532. The maximum absolute atomic E-state index is 11.6. The lowest BCUT2D eigenvalue weighted by molar-refractivity contribution is -0.881. The fourth-order valence-electron chi connectivity index (χ4n) is 1.32. The van der Waals surface area contributed by atoms with Gasteiger partial charge >= 0.3 is 11.9 Å². The van der Waals surface area contributed by atoms with E-state index in [-0.39, 0.29) is 25.2 Å². The maximum Gasteiger partial charge on any atom is 0.361 e. The number of carbonyl (C=O) groups is 2. The molecule has 0 fully saturated rings. The Hall–Kier alpha value is -1.14. The van der Waals surface area contributed by atoms with Crippen molar-refractivity contribution in [2.75, 3.05) is 67.6 Å². The van der Waals surface area contributed by atoms with E-state index in [0.717, 1.165) is 13.1 Å². The molecule has 0 aromatic rings. The molecule has 0 aliphatic rings. The summed E-state index contributed by atoms with van der Waals surface area (Å²) in [6.07, 6.45) is 0. The van der Waals surface area contributed by atoms with Crippen molar-refractivity contribution < 1.29 is 28.0 Å². The predicted octanol–water partition coefficient (Wildman–Crippen LogP) is 0.265. The second-order valence-electron chi connectivity index (χ2n) is 6.26. The quantitative estimate of drug-likeness (QED) is 0.347. The van der Waals surface area contributed by atoms with Gasteiger partial charge in [-0.05, 0) is 13.8 Å². The van der Waals surface area contributed by atoms with Gasteiger partial charge in [-0.2, -0.15) is 0 Å². The van der Waals surface area contributed by atoms with Crippen molar-refractivity contribution >= 4 is 11.9 Å². The number of nitrogens with zero attached hydrogens (tertiary/aromatic N) is 2. The molecule has 6 nitrogen and oxygen atoms in total. The number of ether oxygens (including phenoxy) is 2. The average Bonchev–Trinajstić information content (AvgIpc) is 2.33. The molecule has 0 aromatic heterocycles. The van der Waals surface area contributed by atoms with Gasteiger partial charge in [0, 0.05) is 0 Å². The summed E-state index contributed by atoms with van der Waals surface area (Å²) in [5.41, 5.74) is 0. The molecule has 0 heterocycles. The van der Waals surface area contributed by atoms with Crippen molar-refractivity contribution in [3.05, 3.63) is 0 Å². The molecule has 0 aromatic carbocycles. The molecule has 0 saturated heterocycles. The van der Waals surface area contributed by atoms with Gasteiger partial charge in [0.1, 0.15) is 13.2 Å². The number of quaternary nitrogens is 2. The molecule has 0 unspecified atom stereocenters. The highest BCUT2D eigenvalue weighted by Crippen LogP contribution is 1.98. The molecule has 0 N–H and O–H groups in total. The third-order valence-electron chi connectivity index (χ3n) is 3.44. The molecule has 0 rings (SSSR count). The second kappa shape index (κ2) is 8.21. The molecule has 0 bridgehead atoms. The molecule has 0 saturated carbocycles. The molecule has 0 aliphatic carbocycles. The van der Waals surface area contributed by atoms with Crippen LogP contribution in [0.15, 0.2) is 0 Å². The Balaban J connectivity index is 3.82. The third-order valence-corrected chi connectivity index (χ3v) is 3.44. The van der Waals surface area contributed by atoms with E-state index in [0.29, 0.717) is 22.1 Å². The van der Waals surface area contributed by atoms with E-state index in [1.54, 1.807) is 0 Å². The summed E-state index contributed by atoms with van der Waals surface area (Å²) in [6, 6.07) is 0. The lowest BCUT2D eigenvalue weighted by Crippen LogP contribution is -2.44. The standard InChI is InChI=1S/C14H30N2O4/c1-7-15(3,4)11-13(17)19-9-10-20-14(18)12-16(5,6)8-2/h7-12H2,1-6H3/q+2. The van der Waals surface area contributed by atoms with Crippen LogP contribution in [0.5, 0.6) is 0 Å². The van der Waals surface area contributed by atoms with Crippen LogP contribution in [0.4, 0.5) is 0 Å². The Morgan fingerprint density at radius 1 is 0.750 bits per heavy atom. The van der Waals surface area contributed by atoms with Crippen LogP contribution in [0.3, 0.4) is 0 Å². The molecular weight excluding hydrogens is 260 g/mol. The Morgan fingerprint density at radius 2 is 1.05 bits per heavy atom. The van der Waals surface area contributed by atoms with Gasteiger partial charge in [0.25, 0.3) is 0 Å². The molecule has 6 heteroatoms. The smallest absolute Gasteiger partial charge is 0.361 e. The summed E-state index contributed by atoms with van der Waals surface area (Å²) in [6.45, 7) is 6.63. The number of hydrogen-bond donors (Lipinski definition) is 0. The largest absolute Gasteiger partial charge is 0.458 e. The summed E-state index contributed by atoms with van der Waals surface area (Å²) in [7, 11) is 7.86. The van der Waals surface area contributed by atoms with Crippen LogP contribution in [0, 0.1) is 0 Å². The fourth-order valence-corrected chi connectivity index (χ4v) is 1.32. The van der Waals surface area contributed by atoms with Gasteiger partial charge in [0.2, 0.25) is 0 Å². The van der Waals surface area contributed by atoms with Gasteiger partial charge in [-0.1, -0.05) is 0 Å². The van der Waals surface area contributed by atoms with Crippen LogP contribution in [0.25, 0.3) is 0 Å². The monoisotopic (exact) mass is 290 g/mol. The first-order valence-corrected chi connectivity index (χ1v) is 7.07. The zero-order chi connectivity index (χ0) is 15.8. The summed E-state index contributed by atoms with van der Waals surface area (Å²) < 4.78 is 11.3. The highest BCUT2D eigenvalue weighted by Gasteiger charge is 2.20. The Kier molecular flexibility index (Phi) is 7.75. The van der Waals surface area contributed by atoms with Gasteiger partial charge in [-0.3, -0.25) is 0 Å². The minimum Gasteiger partial charge on any atom is -0.458 e. The van der Waals surface area contributed by atoms with E-state index < -0.39 is 0 Å². The first kappa shape index (κ1) is 18.9. The van der Waals surface area contributed by atoms with Crippen molar-refractivity contribution in [3.8, 4) is 0 Å². The molecule has 118 valence electrons. The van der Waals surface area contributed by atoms with Crippen LogP contribution in [-0.2, 0) is 19.1 Å². The van der Waals surface area contributed by atoms with E-state index in [9.17, 15) is 9.59 Å². The van der Waals surface area contributed by atoms with Gasteiger partial charge in [0.15, 0.2) is 13.1 Å².